The highest BCUT2D eigenvalue weighted by Crippen LogP contribution is 2.20. The van der Waals surface area contributed by atoms with Gasteiger partial charge in [-0.1, -0.05) is 50.0 Å². The molecular formula is C22H32O2Si. The molecule has 0 radical (unpaired) electrons. The first kappa shape index (κ1) is 21.4. The van der Waals surface area contributed by atoms with E-state index in [4.69, 9.17) is 4.43 Å². The minimum atomic E-state index is -0.943. The highest BCUT2D eigenvalue weighted by Gasteiger charge is 2.21. The van der Waals surface area contributed by atoms with E-state index >= 15 is 0 Å². The summed E-state index contributed by atoms with van der Waals surface area (Å²) >= 11 is 0. The Hall–Kier alpha value is -1.60. The van der Waals surface area contributed by atoms with Crippen molar-refractivity contribution < 1.29 is 9.53 Å². The molecule has 0 aliphatic carbocycles. The van der Waals surface area contributed by atoms with Gasteiger partial charge in [0.25, 0.3) is 0 Å². The normalized spacial score (nSPS) is 14.2. The van der Waals surface area contributed by atoms with Gasteiger partial charge in [-0.3, -0.25) is 0 Å². The maximum Gasteiger partial charge on any atom is 0.193 e. The summed E-state index contributed by atoms with van der Waals surface area (Å²) in [6.45, 7) is 15.7. The predicted octanol–water partition coefficient (Wildman–Crippen LogP) is 3.47. The molecule has 25 heavy (non-hydrogen) atoms. The van der Waals surface area contributed by atoms with Gasteiger partial charge in [-0.2, -0.15) is 0 Å². The van der Waals surface area contributed by atoms with Crippen LogP contribution in [0.15, 0.2) is 49.6 Å². The third kappa shape index (κ3) is 8.35. The van der Waals surface area contributed by atoms with Gasteiger partial charge < -0.3 is 9.53 Å². The van der Waals surface area contributed by atoms with E-state index in [9.17, 15) is 5.11 Å². The lowest BCUT2D eigenvalue weighted by atomic mass is 9.95. The zero-order chi connectivity index (χ0) is 18.9. The van der Waals surface area contributed by atoms with Crippen LogP contribution in [0, 0.1) is 17.8 Å². The Labute approximate surface area is 155 Å². The Balaban J connectivity index is 2.71. The van der Waals surface area contributed by atoms with Crippen LogP contribution in [0.2, 0.25) is 0 Å². The van der Waals surface area contributed by atoms with Crippen LogP contribution in [-0.4, -0.2) is 26.1 Å². The van der Waals surface area contributed by atoms with Gasteiger partial charge in [-0.25, -0.2) is 0 Å². The average molecular weight is 357 g/mol. The van der Waals surface area contributed by atoms with Crippen LogP contribution in [0.3, 0.4) is 0 Å². The van der Waals surface area contributed by atoms with Gasteiger partial charge in [0, 0.05) is 5.56 Å². The van der Waals surface area contributed by atoms with Gasteiger partial charge in [0.05, 0.1) is 5.60 Å². The molecule has 0 spiro atoms. The maximum atomic E-state index is 10.3. The van der Waals surface area contributed by atoms with E-state index in [2.05, 4.69) is 57.9 Å². The van der Waals surface area contributed by atoms with Crippen molar-refractivity contribution in [2.75, 3.05) is 0 Å². The number of rotatable bonds is 9. The average Bonchev–Trinajstić information content (AvgIpc) is 2.51. The van der Waals surface area contributed by atoms with Gasteiger partial charge in [0.15, 0.2) is 9.76 Å². The third-order valence-electron chi connectivity index (χ3n) is 3.98. The molecule has 3 heteroatoms. The van der Waals surface area contributed by atoms with Crippen LogP contribution in [0.1, 0.15) is 52.5 Å². The molecule has 0 bridgehead atoms. The van der Waals surface area contributed by atoms with Gasteiger partial charge in [-0.05, 0) is 56.3 Å². The number of benzene rings is 1. The van der Waals surface area contributed by atoms with Crippen molar-refractivity contribution in [3.05, 3.63) is 55.1 Å². The van der Waals surface area contributed by atoms with E-state index in [0.717, 1.165) is 18.4 Å². The molecule has 1 rings (SSSR count). The standard InChI is InChI=1S/C22H32O2Si/c1-7-14-22(6,15-8-2)24-25-20-11-9-19(10-12-20)13-16-21(5,23)17-18(3)4/h7-12,18,23H,1-2,14-15,17,25H2,3-6H3. The van der Waals surface area contributed by atoms with Gasteiger partial charge in [-0.15, -0.1) is 13.2 Å². The minimum Gasteiger partial charge on any atom is -0.413 e. The molecule has 0 saturated heterocycles. The minimum absolute atomic E-state index is 0.205. The van der Waals surface area contributed by atoms with Gasteiger partial charge in [0.1, 0.15) is 5.60 Å². The summed E-state index contributed by atoms with van der Waals surface area (Å²) in [7, 11) is -0.822. The Morgan fingerprint density at radius 3 is 2.20 bits per heavy atom. The second-order valence-corrected chi connectivity index (χ2v) is 8.94. The molecule has 1 aromatic carbocycles. The number of hydrogen-bond acceptors (Lipinski definition) is 2. The first-order valence-electron chi connectivity index (χ1n) is 8.90. The summed E-state index contributed by atoms with van der Waals surface area (Å²) in [5.41, 5.74) is -0.229. The summed E-state index contributed by atoms with van der Waals surface area (Å²) in [5.74, 6) is 6.47. The highest BCUT2D eigenvalue weighted by atomic mass is 28.2. The zero-order valence-corrected chi connectivity index (χ0v) is 17.6. The lowest BCUT2D eigenvalue weighted by Crippen LogP contribution is -2.33. The van der Waals surface area contributed by atoms with E-state index < -0.39 is 15.4 Å². The molecule has 1 aromatic rings. The molecular weight excluding hydrogens is 324 g/mol. The Bertz CT molecular complexity index is 608. The van der Waals surface area contributed by atoms with Crippen LogP contribution < -0.4 is 5.19 Å². The van der Waals surface area contributed by atoms with E-state index in [1.54, 1.807) is 6.92 Å². The lowest BCUT2D eigenvalue weighted by Gasteiger charge is -2.28. The molecule has 0 aliphatic rings. The topological polar surface area (TPSA) is 29.5 Å². The summed E-state index contributed by atoms with van der Waals surface area (Å²) in [4.78, 5) is 0. The maximum absolute atomic E-state index is 10.3. The van der Waals surface area contributed by atoms with E-state index in [1.807, 2.05) is 24.3 Å². The predicted molar refractivity (Wildman–Crippen MR) is 111 cm³/mol. The molecule has 136 valence electrons. The monoisotopic (exact) mass is 356 g/mol. The Morgan fingerprint density at radius 2 is 1.72 bits per heavy atom. The number of aliphatic hydroxyl groups is 1. The van der Waals surface area contributed by atoms with Crippen molar-refractivity contribution in [1.82, 2.24) is 0 Å². The van der Waals surface area contributed by atoms with Gasteiger partial charge >= 0.3 is 0 Å². The summed E-state index contributed by atoms with van der Waals surface area (Å²) in [6, 6.07) is 8.16. The van der Waals surface area contributed by atoms with E-state index in [1.165, 1.54) is 5.19 Å². The SMILES string of the molecule is C=CCC(C)(CC=C)O[SiH2]c1ccc(C#CC(C)(O)CC(C)C)cc1. The fourth-order valence-electron chi connectivity index (χ4n) is 2.81. The molecule has 1 N–H and O–H groups in total. The van der Waals surface area contributed by atoms with Crippen molar-refractivity contribution in [3.63, 3.8) is 0 Å². The summed E-state index contributed by atoms with van der Waals surface area (Å²) in [6.07, 6.45) is 6.12. The summed E-state index contributed by atoms with van der Waals surface area (Å²) in [5, 5.41) is 11.5. The first-order valence-corrected chi connectivity index (χ1v) is 10.2. The quantitative estimate of drug-likeness (QED) is 0.417. The van der Waals surface area contributed by atoms with Crippen molar-refractivity contribution in [3.8, 4) is 11.8 Å². The van der Waals surface area contributed by atoms with Crippen molar-refractivity contribution in [2.24, 2.45) is 5.92 Å². The van der Waals surface area contributed by atoms with Gasteiger partial charge in [0.2, 0.25) is 0 Å². The zero-order valence-electron chi connectivity index (χ0n) is 16.1. The molecule has 0 aromatic heterocycles. The van der Waals surface area contributed by atoms with E-state index in [-0.39, 0.29) is 5.60 Å². The van der Waals surface area contributed by atoms with Crippen LogP contribution in [0.25, 0.3) is 0 Å². The molecule has 0 fully saturated rings. The lowest BCUT2D eigenvalue weighted by molar-refractivity contribution is 0.0976. The van der Waals surface area contributed by atoms with Crippen LogP contribution >= 0.6 is 0 Å². The smallest absolute Gasteiger partial charge is 0.193 e. The van der Waals surface area contributed by atoms with E-state index in [0.29, 0.717) is 12.3 Å². The van der Waals surface area contributed by atoms with Crippen molar-refractivity contribution >= 4 is 14.9 Å². The Morgan fingerprint density at radius 1 is 1.16 bits per heavy atom. The van der Waals surface area contributed by atoms with Crippen LogP contribution in [0.5, 0.6) is 0 Å². The highest BCUT2D eigenvalue weighted by molar-refractivity contribution is 6.47. The molecule has 0 heterocycles. The second kappa shape index (κ2) is 9.77. The third-order valence-corrected chi connectivity index (χ3v) is 5.62. The second-order valence-electron chi connectivity index (χ2n) is 7.54. The molecule has 0 amide bonds. The molecule has 1 unspecified atom stereocenters. The Kier molecular flexibility index (Phi) is 8.38. The first-order chi connectivity index (χ1) is 11.7. The van der Waals surface area contributed by atoms with Crippen LogP contribution in [0.4, 0.5) is 0 Å². The fraction of sp³-hybridized carbons (Fsp3) is 0.455. The van der Waals surface area contributed by atoms with Crippen molar-refractivity contribution in [1.29, 1.82) is 0 Å². The molecule has 1 atom stereocenters. The number of hydrogen-bond donors (Lipinski definition) is 1. The van der Waals surface area contributed by atoms with Crippen molar-refractivity contribution in [2.45, 2.75) is 58.2 Å². The fourth-order valence-corrected chi connectivity index (χ4v) is 3.99. The molecule has 0 saturated carbocycles. The van der Waals surface area contributed by atoms with Crippen LogP contribution in [-0.2, 0) is 4.43 Å². The largest absolute Gasteiger partial charge is 0.413 e. The molecule has 2 nitrogen and oxygen atoms in total. The summed E-state index contributed by atoms with van der Waals surface area (Å²) < 4.78 is 6.21. The molecule has 0 aliphatic heterocycles.